The molecule has 27 heavy (non-hydrogen) atoms. The van der Waals surface area contributed by atoms with Crippen molar-refractivity contribution in [1.82, 2.24) is 24.8 Å². The summed E-state index contributed by atoms with van der Waals surface area (Å²) in [5.41, 5.74) is 0.741. The van der Waals surface area contributed by atoms with Gasteiger partial charge in [-0.25, -0.2) is 0 Å². The van der Waals surface area contributed by atoms with Gasteiger partial charge in [0, 0.05) is 24.7 Å². The van der Waals surface area contributed by atoms with Crippen LogP contribution >= 0.6 is 11.8 Å². The van der Waals surface area contributed by atoms with E-state index < -0.39 is 0 Å². The Balaban J connectivity index is 1.47. The van der Waals surface area contributed by atoms with Crippen molar-refractivity contribution in [2.24, 2.45) is 7.05 Å². The summed E-state index contributed by atoms with van der Waals surface area (Å²) in [5, 5.41) is 8.18. The molecule has 9 heteroatoms. The first-order valence-corrected chi connectivity index (χ1v) is 9.57. The summed E-state index contributed by atoms with van der Waals surface area (Å²) >= 11 is 1.52. The van der Waals surface area contributed by atoms with Gasteiger partial charge < -0.3 is 14.2 Å². The summed E-state index contributed by atoms with van der Waals surface area (Å²) in [6, 6.07) is 9.52. The van der Waals surface area contributed by atoms with Crippen LogP contribution in [0.15, 0.2) is 52.1 Å². The molecule has 3 aromatic rings. The molecule has 1 aliphatic heterocycles. The second-order valence-corrected chi connectivity index (χ2v) is 7.19. The average molecular weight is 385 g/mol. The SMILES string of the molecule is Cn1cc(-c2nc(C3COCCN3C(=O)CSc3ccccc3)no2)cn1. The molecule has 2 aromatic heterocycles. The van der Waals surface area contributed by atoms with Gasteiger partial charge in [-0.2, -0.15) is 10.1 Å². The highest BCUT2D eigenvalue weighted by atomic mass is 32.2. The van der Waals surface area contributed by atoms with Gasteiger partial charge in [-0.3, -0.25) is 9.48 Å². The fraction of sp³-hybridized carbons (Fsp3) is 0.333. The van der Waals surface area contributed by atoms with Crippen molar-refractivity contribution in [1.29, 1.82) is 0 Å². The zero-order valence-corrected chi connectivity index (χ0v) is 15.6. The molecule has 4 rings (SSSR count). The van der Waals surface area contributed by atoms with Crippen molar-refractivity contribution in [3.8, 4) is 11.5 Å². The fourth-order valence-electron chi connectivity index (χ4n) is 2.88. The smallest absolute Gasteiger partial charge is 0.261 e. The van der Waals surface area contributed by atoms with Crippen molar-refractivity contribution < 1.29 is 14.1 Å². The maximum Gasteiger partial charge on any atom is 0.261 e. The van der Waals surface area contributed by atoms with Gasteiger partial charge in [-0.05, 0) is 12.1 Å². The number of hydrogen-bond acceptors (Lipinski definition) is 7. The number of carbonyl (C=O) groups excluding carboxylic acids is 1. The second-order valence-electron chi connectivity index (χ2n) is 6.14. The van der Waals surface area contributed by atoms with E-state index in [1.807, 2.05) is 37.4 Å². The number of benzene rings is 1. The lowest BCUT2D eigenvalue weighted by atomic mass is 10.2. The Morgan fingerprint density at radius 3 is 2.96 bits per heavy atom. The van der Waals surface area contributed by atoms with Gasteiger partial charge in [0.15, 0.2) is 5.82 Å². The number of ether oxygens (including phenoxy) is 1. The van der Waals surface area contributed by atoms with Crippen LogP contribution in [-0.2, 0) is 16.6 Å². The lowest BCUT2D eigenvalue weighted by Crippen LogP contribution is -2.44. The molecule has 0 N–H and O–H groups in total. The number of morpholine rings is 1. The van der Waals surface area contributed by atoms with Gasteiger partial charge in [0.1, 0.15) is 6.04 Å². The van der Waals surface area contributed by atoms with Gasteiger partial charge >= 0.3 is 0 Å². The summed E-state index contributed by atoms with van der Waals surface area (Å²) in [6.07, 6.45) is 3.46. The van der Waals surface area contributed by atoms with E-state index in [0.29, 0.717) is 37.2 Å². The van der Waals surface area contributed by atoms with Crippen LogP contribution in [0.25, 0.3) is 11.5 Å². The summed E-state index contributed by atoms with van der Waals surface area (Å²) in [7, 11) is 1.82. The van der Waals surface area contributed by atoms with Crippen LogP contribution in [-0.4, -0.2) is 56.2 Å². The maximum absolute atomic E-state index is 12.8. The van der Waals surface area contributed by atoms with E-state index >= 15 is 0 Å². The molecule has 8 nitrogen and oxygen atoms in total. The summed E-state index contributed by atoms with van der Waals surface area (Å²) in [6.45, 7) is 1.37. The van der Waals surface area contributed by atoms with Gasteiger partial charge in [0.25, 0.3) is 5.89 Å². The highest BCUT2D eigenvalue weighted by molar-refractivity contribution is 8.00. The molecule has 0 aliphatic carbocycles. The topological polar surface area (TPSA) is 86.3 Å². The highest BCUT2D eigenvalue weighted by Gasteiger charge is 2.32. The Kier molecular flexibility index (Phi) is 5.21. The second kappa shape index (κ2) is 7.93. The Labute approximate surface area is 160 Å². The Bertz CT molecular complexity index is 911. The largest absolute Gasteiger partial charge is 0.377 e. The van der Waals surface area contributed by atoms with Gasteiger partial charge in [0.2, 0.25) is 5.91 Å². The number of carbonyl (C=O) groups is 1. The molecule has 3 heterocycles. The molecule has 1 aromatic carbocycles. The normalized spacial score (nSPS) is 17.2. The third-order valence-electron chi connectivity index (χ3n) is 4.25. The third kappa shape index (κ3) is 4.04. The zero-order chi connectivity index (χ0) is 18.6. The van der Waals surface area contributed by atoms with E-state index in [0.717, 1.165) is 10.5 Å². The lowest BCUT2D eigenvalue weighted by Gasteiger charge is -2.33. The predicted molar refractivity (Wildman–Crippen MR) is 98.9 cm³/mol. The summed E-state index contributed by atoms with van der Waals surface area (Å²) < 4.78 is 12.6. The summed E-state index contributed by atoms with van der Waals surface area (Å²) in [4.78, 5) is 20.1. The van der Waals surface area contributed by atoms with E-state index in [4.69, 9.17) is 9.26 Å². The number of thioether (sulfide) groups is 1. The quantitative estimate of drug-likeness (QED) is 0.622. The zero-order valence-electron chi connectivity index (χ0n) is 14.8. The van der Waals surface area contributed by atoms with Crippen molar-refractivity contribution in [3.05, 3.63) is 48.5 Å². The molecule has 0 spiro atoms. The first kappa shape index (κ1) is 17.7. The number of amides is 1. The van der Waals surface area contributed by atoms with Crippen LogP contribution < -0.4 is 0 Å². The van der Waals surface area contributed by atoms with Crippen LogP contribution in [0, 0.1) is 0 Å². The predicted octanol–water partition coefficient (Wildman–Crippen LogP) is 2.16. The Hall–Kier alpha value is -2.65. The van der Waals surface area contributed by atoms with Crippen LogP contribution in [0.4, 0.5) is 0 Å². The molecular weight excluding hydrogens is 366 g/mol. The maximum atomic E-state index is 12.8. The van der Waals surface area contributed by atoms with E-state index in [-0.39, 0.29) is 11.9 Å². The third-order valence-corrected chi connectivity index (χ3v) is 5.24. The van der Waals surface area contributed by atoms with Crippen LogP contribution in [0.5, 0.6) is 0 Å². The minimum absolute atomic E-state index is 0.0323. The van der Waals surface area contributed by atoms with Crippen molar-refractivity contribution in [3.63, 3.8) is 0 Å². The van der Waals surface area contributed by atoms with Crippen molar-refractivity contribution in [2.75, 3.05) is 25.5 Å². The molecular formula is C18H19N5O3S. The molecule has 1 fully saturated rings. The molecule has 0 radical (unpaired) electrons. The standard InChI is InChI=1S/C18H19N5O3S/c1-22-10-13(9-19-22)18-20-17(21-26-18)15-11-25-8-7-23(15)16(24)12-27-14-5-3-2-4-6-14/h2-6,9-10,15H,7-8,11-12H2,1H3. The molecule has 0 saturated carbocycles. The summed E-state index contributed by atoms with van der Waals surface area (Å²) in [5.74, 6) is 1.22. The Morgan fingerprint density at radius 2 is 2.19 bits per heavy atom. The molecule has 1 atom stereocenters. The van der Waals surface area contributed by atoms with E-state index in [9.17, 15) is 4.79 Å². The molecule has 140 valence electrons. The monoisotopic (exact) mass is 385 g/mol. The van der Waals surface area contributed by atoms with Crippen LogP contribution in [0.2, 0.25) is 0 Å². The van der Waals surface area contributed by atoms with Gasteiger partial charge in [-0.15, -0.1) is 11.8 Å². The van der Waals surface area contributed by atoms with Gasteiger partial charge in [0.05, 0.1) is 30.7 Å². The minimum Gasteiger partial charge on any atom is -0.377 e. The lowest BCUT2D eigenvalue weighted by molar-refractivity contribution is -0.137. The van der Waals surface area contributed by atoms with Crippen LogP contribution in [0.3, 0.4) is 0 Å². The Morgan fingerprint density at radius 1 is 1.33 bits per heavy atom. The molecule has 1 aliphatic rings. The first-order valence-electron chi connectivity index (χ1n) is 8.58. The van der Waals surface area contributed by atoms with Crippen molar-refractivity contribution in [2.45, 2.75) is 10.9 Å². The highest BCUT2D eigenvalue weighted by Crippen LogP contribution is 2.26. The van der Waals surface area contributed by atoms with E-state index in [1.54, 1.807) is 22.0 Å². The van der Waals surface area contributed by atoms with E-state index in [2.05, 4.69) is 15.2 Å². The number of aryl methyl sites for hydroxylation is 1. The number of rotatable bonds is 5. The van der Waals surface area contributed by atoms with Crippen molar-refractivity contribution >= 4 is 17.7 Å². The molecule has 1 amide bonds. The molecule has 1 unspecified atom stereocenters. The molecule has 0 bridgehead atoms. The fourth-order valence-corrected chi connectivity index (χ4v) is 3.69. The number of nitrogens with zero attached hydrogens (tertiary/aromatic N) is 5. The number of aromatic nitrogens is 4. The average Bonchev–Trinajstić information content (AvgIpc) is 3.36. The molecule has 1 saturated heterocycles. The van der Waals surface area contributed by atoms with Crippen LogP contribution in [0.1, 0.15) is 11.9 Å². The minimum atomic E-state index is -0.350. The van der Waals surface area contributed by atoms with E-state index in [1.165, 1.54) is 11.8 Å². The first-order chi connectivity index (χ1) is 13.2. The van der Waals surface area contributed by atoms with Gasteiger partial charge in [-0.1, -0.05) is 23.4 Å². The number of hydrogen-bond donors (Lipinski definition) is 0.